The number of fused-ring (bicyclic) bond motifs is 4. The van der Waals surface area contributed by atoms with Crippen molar-refractivity contribution in [3.63, 3.8) is 0 Å². The fourth-order valence-electron chi connectivity index (χ4n) is 5.76. The number of thioether (sulfide) groups is 1. The molecule has 5 heteroatoms. The third-order valence-corrected chi connectivity index (χ3v) is 8.94. The van der Waals surface area contributed by atoms with Gasteiger partial charge < -0.3 is 14.2 Å². The number of likely N-dealkylation sites (tertiary alicyclic amines) is 1. The Morgan fingerprint density at radius 2 is 1.74 bits per heavy atom. The van der Waals surface area contributed by atoms with Crippen LogP contribution in [0.15, 0.2) is 66.5 Å². The van der Waals surface area contributed by atoms with Crippen LogP contribution in [0.3, 0.4) is 0 Å². The fraction of sp³-hybridized carbons (Fsp3) is 0.379. The molecule has 6 rings (SSSR count). The van der Waals surface area contributed by atoms with Crippen molar-refractivity contribution >= 4 is 22.2 Å². The molecule has 4 aliphatic rings. The first kappa shape index (κ1) is 21.9. The zero-order valence-corrected chi connectivity index (χ0v) is 20.6. The third-order valence-electron chi connectivity index (χ3n) is 7.49. The van der Waals surface area contributed by atoms with Crippen molar-refractivity contribution in [1.29, 1.82) is 0 Å². The number of allylic oxidation sites excluding steroid dienone is 2. The van der Waals surface area contributed by atoms with Gasteiger partial charge in [0.05, 0.1) is 14.2 Å². The molecular weight excluding hydrogens is 442 g/mol. The van der Waals surface area contributed by atoms with E-state index in [2.05, 4.69) is 65.6 Å². The largest absolute Gasteiger partial charge is 0.497 e. The van der Waals surface area contributed by atoms with E-state index in [9.17, 15) is 0 Å². The lowest BCUT2D eigenvalue weighted by molar-refractivity contribution is 0.238. The lowest BCUT2D eigenvalue weighted by Gasteiger charge is -2.24. The van der Waals surface area contributed by atoms with Crippen LogP contribution in [0, 0.1) is 11.8 Å². The molecule has 0 spiro atoms. The summed E-state index contributed by atoms with van der Waals surface area (Å²) < 4.78 is 17.2. The van der Waals surface area contributed by atoms with Crippen LogP contribution in [0.5, 0.6) is 11.5 Å². The van der Waals surface area contributed by atoms with E-state index in [0.717, 1.165) is 30.4 Å². The molecule has 0 N–H and O–H groups in total. The van der Waals surface area contributed by atoms with Gasteiger partial charge in [-0.3, -0.25) is 4.90 Å². The second-order valence-corrected chi connectivity index (χ2v) is 10.6. The molecule has 2 saturated heterocycles. The van der Waals surface area contributed by atoms with Crippen molar-refractivity contribution in [2.75, 3.05) is 40.5 Å². The van der Waals surface area contributed by atoms with Gasteiger partial charge in [0.15, 0.2) is 0 Å². The lowest BCUT2D eigenvalue weighted by atomic mass is 9.80. The van der Waals surface area contributed by atoms with Crippen LogP contribution >= 0.6 is 11.8 Å². The van der Waals surface area contributed by atoms with Gasteiger partial charge in [0.25, 0.3) is 0 Å². The van der Waals surface area contributed by atoms with Crippen molar-refractivity contribution < 1.29 is 14.2 Å². The molecule has 4 nitrogen and oxygen atoms in total. The van der Waals surface area contributed by atoms with E-state index in [1.807, 2.05) is 11.8 Å². The number of methoxy groups -OCH3 is 2. The van der Waals surface area contributed by atoms with Gasteiger partial charge in [0.2, 0.25) is 0 Å². The Kier molecular flexibility index (Phi) is 5.92. The molecule has 0 aromatic heterocycles. The molecule has 2 fully saturated rings. The lowest BCUT2D eigenvalue weighted by Crippen LogP contribution is -2.26. The number of benzene rings is 2. The van der Waals surface area contributed by atoms with Gasteiger partial charge in [-0.1, -0.05) is 24.3 Å². The molecular formula is C29H31NO3S. The number of ether oxygens (including phenoxy) is 3. The predicted molar refractivity (Wildman–Crippen MR) is 138 cm³/mol. The number of nitrogens with zero attached hydrogens (tertiary/aromatic N) is 1. The molecule has 176 valence electrons. The number of hydrogen-bond donors (Lipinski definition) is 0. The van der Waals surface area contributed by atoms with E-state index >= 15 is 0 Å². The summed E-state index contributed by atoms with van der Waals surface area (Å²) in [5.74, 6) is 3.59. The molecule has 34 heavy (non-hydrogen) atoms. The molecule has 0 amide bonds. The molecule has 0 saturated carbocycles. The maximum atomic E-state index is 6.07. The summed E-state index contributed by atoms with van der Waals surface area (Å²) in [4.78, 5) is 3.93. The van der Waals surface area contributed by atoms with Crippen LogP contribution in [0.2, 0.25) is 0 Å². The molecule has 2 aromatic rings. The van der Waals surface area contributed by atoms with Crippen LogP contribution in [0.1, 0.15) is 18.4 Å². The first-order valence-electron chi connectivity index (χ1n) is 12.2. The average molecular weight is 474 g/mol. The topological polar surface area (TPSA) is 30.9 Å². The van der Waals surface area contributed by atoms with Gasteiger partial charge in [-0.15, -0.1) is 11.8 Å². The van der Waals surface area contributed by atoms with E-state index in [1.54, 1.807) is 14.2 Å². The van der Waals surface area contributed by atoms with Crippen molar-refractivity contribution in [1.82, 2.24) is 4.90 Å². The molecule has 0 bridgehead atoms. The Labute approximate surface area is 205 Å². The molecule has 2 aliphatic carbocycles. The van der Waals surface area contributed by atoms with Gasteiger partial charge >= 0.3 is 0 Å². The van der Waals surface area contributed by atoms with Gasteiger partial charge in [-0.05, 0) is 83.9 Å². The Morgan fingerprint density at radius 3 is 2.50 bits per heavy atom. The average Bonchev–Trinajstić information content (AvgIpc) is 3.59. The fourth-order valence-corrected chi connectivity index (χ4v) is 7.38. The maximum Gasteiger partial charge on any atom is 0.119 e. The minimum atomic E-state index is 0.352. The Morgan fingerprint density at radius 1 is 0.941 bits per heavy atom. The smallest absolute Gasteiger partial charge is 0.119 e. The molecule has 0 radical (unpaired) electrons. The summed E-state index contributed by atoms with van der Waals surface area (Å²) in [5.41, 5.74) is 2.68. The van der Waals surface area contributed by atoms with Gasteiger partial charge in [-0.2, -0.15) is 0 Å². The van der Waals surface area contributed by atoms with Crippen LogP contribution in [0.25, 0.3) is 10.5 Å². The summed E-state index contributed by atoms with van der Waals surface area (Å²) >= 11 is 1.97. The first-order valence-corrected chi connectivity index (χ1v) is 13.1. The highest BCUT2D eigenvalue weighted by Crippen LogP contribution is 2.55. The van der Waals surface area contributed by atoms with E-state index < -0.39 is 0 Å². The van der Waals surface area contributed by atoms with E-state index in [4.69, 9.17) is 14.2 Å². The van der Waals surface area contributed by atoms with Crippen LogP contribution in [-0.4, -0.2) is 50.6 Å². The van der Waals surface area contributed by atoms with Crippen molar-refractivity contribution in [2.24, 2.45) is 11.8 Å². The van der Waals surface area contributed by atoms with Crippen molar-refractivity contribution in [3.8, 4) is 11.5 Å². The van der Waals surface area contributed by atoms with Gasteiger partial charge in [-0.25, -0.2) is 0 Å². The Hall–Kier alpha value is -2.63. The van der Waals surface area contributed by atoms with Crippen molar-refractivity contribution in [3.05, 3.63) is 82.5 Å². The highest BCUT2D eigenvalue weighted by molar-refractivity contribution is 8.09. The minimum Gasteiger partial charge on any atom is -0.497 e. The van der Waals surface area contributed by atoms with Crippen LogP contribution in [-0.2, 0) is 4.74 Å². The number of hydrogen-bond acceptors (Lipinski definition) is 5. The molecule has 3 atom stereocenters. The standard InChI is InChI=1S/C29H31NO3S/c1-31-21-9-11-23-25(17-21)29-28(24-12-10-22(32-2)18-26(24)34-29)27(23)19-5-7-20(8-6-19)33-16-15-30-13-3-4-14-30/h5-12,17-18,24,26,28H,3-4,13-16H2,1-2H3. The zero-order chi connectivity index (χ0) is 23.1. The number of rotatable bonds is 7. The molecule has 2 heterocycles. The van der Waals surface area contributed by atoms with Gasteiger partial charge in [0, 0.05) is 28.5 Å². The monoisotopic (exact) mass is 473 g/mol. The normalized spacial score (nSPS) is 25.1. The van der Waals surface area contributed by atoms with Crippen LogP contribution < -0.4 is 19.9 Å². The quantitative estimate of drug-likeness (QED) is 0.608. The summed E-state index contributed by atoms with van der Waals surface area (Å²) in [6, 6.07) is 15.2. The highest BCUT2D eigenvalue weighted by Gasteiger charge is 2.44. The molecule has 2 aliphatic heterocycles. The molecule has 2 aromatic carbocycles. The Bertz CT molecular complexity index is 1260. The maximum absolute atomic E-state index is 6.07. The van der Waals surface area contributed by atoms with E-state index in [0.29, 0.717) is 17.1 Å². The van der Waals surface area contributed by atoms with Crippen molar-refractivity contribution in [2.45, 2.75) is 18.1 Å². The second-order valence-electron chi connectivity index (χ2n) is 9.38. The van der Waals surface area contributed by atoms with E-state index in [-0.39, 0.29) is 0 Å². The third kappa shape index (κ3) is 3.85. The van der Waals surface area contributed by atoms with Gasteiger partial charge in [0.1, 0.15) is 23.9 Å². The molecule has 3 unspecified atom stereocenters. The SMILES string of the molecule is COC1=CC2SC3=c4cc(OC)ccc4=C(c4ccc(OCCN5CCCC5)cc4)C3C2C=C1. The summed E-state index contributed by atoms with van der Waals surface area (Å²) in [6.45, 7) is 4.18. The highest BCUT2D eigenvalue weighted by atomic mass is 32.2. The first-order chi connectivity index (χ1) is 16.7. The zero-order valence-electron chi connectivity index (χ0n) is 19.8. The summed E-state index contributed by atoms with van der Waals surface area (Å²) in [7, 11) is 3.49. The second kappa shape index (κ2) is 9.20. The predicted octanol–water partition coefficient (Wildman–Crippen LogP) is 3.94. The van der Waals surface area contributed by atoms with E-state index in [1.165, 1.54) is 52.4 Å². The Balaban J connectivity index is 1.32. The summed E-state index contributed by atoms with van der Waals surface area (Å²) in [6.07, 6.45) is 9.38. The van der Waals surface area contributed by atoms with Crippen LogP contribution in [0.4, 0.5) is 0 Å². The minimum absolute atomic E-state index is 0.352. The summed E-state index contributed by atoms with van der Waals surface area (Å²) in [5, 5.41) is 3.03.